The zero-order chi connectivity index (χ0) is 22.8. The van der Waals surface area contributed by atoms with E-state index in [1.165, 1.54) is 5.69 Å². The van der Waals surface area contributed by atoms with Crippen molar-refractivity contribution in [1.82, 2.24) is 4.72 Å². The van der Waals surface area contributed by atoms with Crippen molar-refractivity contribution < 1.29 is 8.95 Å². The second-order valence-electron chi connectivity index (χ2n) is 9.16. The Morgan fingerprint density at radius 2 is 1.70 bits per heavy atom. The van der Waals surface area contributed by atoms with E-state index in [-0.39, 0.29) is 10.5 Å². The largest absolute Gasteiger partial charge is 0.376 e. The molecule has 1 N–H and O–H groups in total. The Bertz CT molecular complexity index is 737. The second-order valence-corrected chi connectivity index (χ2v) is 10.3. The van der Waals surface area contributed by atoms with Gasteiger partial charge in [-0.05, 0) is 77.7 Å². The first-order valence-corrected chi connectivity index (χ1v) is 12.0. The average molecular weight is 434 g/mol. The zero-order valence-corrected chi connectivity index (χ0v) is 20.6. The summed E-state index contributed by atoms with van der Waals surface area (Å²) in [6, 6.07) is 10.2. The lowest BCUT2D eigenvalue weighted by Gasteiger charge is -2.27. The number of nitrogens with zero attached hydrogens (tertiary/aromatic N) is 2. The van der Waals surface area contributed by atoms with E-state index in [1.807, 2.05) is 46.8 Å². The monoisotopic (exact) mass is 433 g/mol. The lowest BCUT2D eigenvalue weighted by molar-refractivity contribution is -0.0101. The van der Waals surface area contributed by atoms with E-state index in [4.69, 9.17) is 4.74 Å². The maximum atomic E-state index is 12.8. The van der Waals surface area contributed by atoms with Gasteiger partial charge in [-0.2, -0.15) is 5.26 Å². The topological polar surface area (TPSA) is 65.4 Å². The van der Waals surface area contributed by atoms with Gasteiger partial charge in [-0.25, -0.2) is 8.93 Å². The van der Waals surface area contributed by atoms with E-state index in [0.717, 1.165) is 31.5 Å². The Labute approximate surface area is 186 Å². The Morgan fingerprint density at radius 3 is 2.17 bits per heavy atom. The number of allylic oxidation sites excluding steroid dienone is 1. The molecule has 0 heterocycles. The first-order valence-electron chi connectivity index (χ1n) is 10.8. The fourth-order valence-electron chi connectivity index (χ4n) is 2.94. The van der Waals surface area contributed by atoms with Crippen molar-refractivity contribution in [3.05, 3.63) is 34.7 Å². The van der Waals surface area contributed by atoms with Gasteiger partial charge in [0.2, 0.25) is 0 Å². The molecule has 0 saturated carbocycles. The third-order valence-electron chi connectivity index (χ3n) is 4.48. The van der Waals surface area contributed by atoms with Crippen molar-refractivity contribution in [3.63, 3.8) is 0 Å². The molecule has 0 radical (unpaired) electrons. The van der Waals surface area contributed by atoms with Crippen molar-refractivity contribution in [2.24, 2.45) is 0 Å². The smallest absolute Gasteiger partial charge is 0.136 e. The summed E-state index contributed by atoms with van der Waals surface area (Å²) in [7, 11) is -1.59. The molecule has 0 amide bonds. The summed E-state index contributed by atoms with van der Waals surface area (Å²) in [5, 5.41) is 9.54. The molecule has 1 aromatic rings. The highest BCUT2D eigenvalue weighted by Crippen LogP contribution is 2.19. The summed E-state index contributed by atoms with van der Waals surface area (Å²) in [6.07, 6.45) is 4.58. The van der Waals surface area contributed by atoms with Gasteiger partial charge in [0.1, 0.15) is 22.0 Å². The molecule has 1 aromatic carbocycles. The number of hydrogen-bond donors (Lipinski definition) is 1. The molecule has 0 saturated heterocycles. The van der Waals surface area contributed by atoms with Gasteiger partial charge in [0.15, 0.2) is 0 Å². The van der Waals surface area contributed by atoms with Crippen LogP contribution in [-0.2, 0) is 15.7 Å². The lowest BCUT2D eigenvalue weighted by atomic mass is 10.0. The van der Waals surface area contributed by atoms with Crippen molar-refractivity contribution in [1.29, 1.82) is 5.26 Å². The van der Waals surface area contributed by atoms with Crippen LogP contribution in [0.15, 0.2) is 29.2 Å². The predicted molar refractivity (Wildman–Crippen MR) is 129 cm³/mol. The fraction of sp³-hybridized carbons (Fsp3) is 0.625. The van der Waals surface area contributed by atoms with Gasteiger partial charge in [-0.1, -0.05) is 26.0 Å². The molecule has 1 unspecified atom stereocenters. The molecule has 0 aliphatic rings. The van der Waals surface area contributed by atoms with Crippen LogP contribution in [0.3, 0.4) is 0 Å². The Kier molecular flexibility index (Phi) is 10.8. The van der Waals surface area contributed by atoms with Crippen LogP contribution >= 0.6 is 0 Å². The van der Waals surface area contributed by atoms with Gasteiger partial charge < -0.3 is 9.64 Å². The summed E-state index contributed by atoms with van der Waals surface area (Å²) in [4.78, 5) is 2.58. The summed E-state index contributed by atoms with van der Waals surface area (Å²) < 4.78 is 21.6. The van der Waals surface area contributed by atoms with E-state index in [0.29, 0.717) is 13.0 Å². The zero-order valence-electron chi connectivity index (χ0n) is 19.7. The third kappa shape index (κ3) is 9.88. The van der Waals surface area contributed by atoms with Crippen molar-refractivity contribution in [2.45, 2.75) is 78.9 Å². The lowest BCUT2D eigenvalue weighted by Crippen LogP contribution is -2.42. The molecule has 0 spiro atoms. The van der Waals surface area contributed by atoms with E-state index in [9.17, 15) is 9.47 Å². The summed E-state index contributed by atoms with van der Waals surface area (Å²) in [6.45, 7) is 16.9. The van der Waals surface area contributed by atoms with Gasteiger partial charge in [0.05, 0.1) is 5.60 Å². The Hall–Kier alpha value is -1.68. The molecule has 0 fully saturated rings. The minimum Gasteiger partial charge on any atom is -0.376 e. The van der Waals surface area contributed by atoms with Crippen LogP contribution in [0.2, 0.25) is 0 Å². The van der Waals surface area contributed by atoms with Crippen LogP contribution in [0, 0.1) is 11.3 Å². The van der Waals surface area contributed by atoms with Crippen molar-refractivity contribution in [3.8, 4) is 6.07 Å². The molecule has 0 bridgehead atoms. The predicted octanol–water partition coefficient (Wildman–Crippen LogP) is 5.41. The molecule has 0 aromatic heterocycles. The number of benzene rings is 1. The second kappa shape index (κ2) is 12.2. The van der Waals surface area contributed by atoms with E-state index in [1.54, 1.807) is 6.08 Å². The Morgan fingerprint density at radius 1 is 1.13 bits per heavy atom. The standard InChI is InChI=1S/C24H39N3O2S/c1-8-15-27(16-9-2)21-12-10-20(11-13-21)18-22(19-25)30(28)26-24(6,7)14-17-29-23(3,4)5/h10-13,18,26H,8-9,14-17H2,1-7H3/b22-18+. The summed E-state index contributed by atoms with van der Waals surface area (Å²) in [5.41, 5.74) is 1.42. The molecule has 0 aliphatic carbocycles. The normalized spacial score (nSPS) is 13.7. The van der Waals surface area contributed by atoms with E-state index in [2.05, 4.69) is 41.7 Å². The van der Waals surface area contributed by atoms with E-state index < -0.39 is 16.5 Å². The maximum absolute atomic E-state index is 12.8. The highest BCUT2D eigenvalue weighted by atomic mass is 32.2. The van der Waals surface area contributed by atoms with Crippen molar-refractivity contribution >= 4 is 22.7 Å². The number of nitrogens with one attached hydrogen (secondary N) is 1. The number of hydrogen-bond acceptors (Lipinski definition) is 4. The molecule has 168 valence electrons. The molecule has 5 nitrogen and oxygen atoms in total. The highest BCUT2D eigenvalue weighted by molar-refractivity contribution is 7.87. The first kappa shape index (κ1) is 26.4. The van der Waals surface area contributed by atoms with Crippen LogP contribution in [0.25, 0.3) is 6.08 Å². The number of nitriles is 1. The molecular formula is C24H39N3O2S. The van der Waals surface area contributed by atoms with Crippen LogP contribution in [0.5, 0.6) is 0 Å². The quantitative estimate of drug-likeness (QED) is 0.447. The number of ether oxygens (including phenoxy) is 1. The fourth-order valence-corrected chi connectivity index (χ4v) is 3.98. The average Bonchev–Trinajstić information content (AvgIpc) is 2.64. The van der Waals surface area contributed by atoms with Crippen LogP contribution < -0.4 is 9.62 Å². The highest BCUT2D eigenvalue weighted by Gasteiger charge is 2.23. The molecule has 1 atom stereocenters. The number of rotatable bonds is 12. The Balaban J connectivity index is 2.83. The van der Waals surface area contributed by atoms with Gasteiger partial charge in [0.25, 0.3) is 0 Å². The first-order chi connectivity index (χ1) is 14.0. The van der Waals surface area contributed by atoms with Gasteiger partial charge in [-0.3, -0.25) is 0 Å². The van der Waals surface area contributed by atoms with Crippen LogP contribution in [0.1, 0.15) is 73.3 Å². The van der Waals surface area contributed by atoms with Gasteiger partial charge in [-0.15, -0.1) is 0 Å². The SMILES string of the molecule is CCCN(CCC)c1ccc(/C=C(\C#N)S(=O)NC(C)(C)CCOC(C)(C)C)cc1. The minimum absolute atomic E-state index is 0.205. The van der Waals surface area contributed by atoms with Crippen LogP contribution in [-0.4, -0.2) is 35.0 Å². The molecule has 0 aliphatic heterocycles. The van der Waals surface area contributed by atoms with E-state index >= 15 is 0 Å². The maximum Gasteiger partial charge on any atom is 0.136 e. The van der Waals surface area contributed by atoms with Crippen LogP contribution in [0.4, 0.5) is 5.69 Å². The third-order valence-corrected chi connectivity index (χ3v) is 5.83. The summed E-state index contributed by atoms with van der Waals surface area (Å²) >= 11 is 0. The molecular weight excluding hydrogens is 394 g/mol. The van der Waals surface area contributed by atoms with Gasteiger partial charge >= 0.3 is 0 Å². The van der Waals surface area contributed by atoms with Crippen molar-refractivity contribution in [2.75, 3.05) is 24.6 Å². The minimum atomic E-state index is -1.59. The molecule has 6 heteroatoms. The summed E-state index contributed by atoms with van der Waals surface area (Å²) in [5.74, 6) is 0. The molecule has 1 rings (SSSR count). The molecule has 30 heavy (non-hydrogen) atoms. The van der Waals surface area contributed by atoms with Gasteiger partial charge in [0, 0.05) is 30.9 Å². The number of anilines is 1.